The van der Waals surface area contributed by atoms with Crippen LogP contribution in [0.15, 0.2) is 30.3 Å². The molecule has 1 aliphatic carbocycles. The summed E-state index contributed by atoms with van der Waals surface area (Å²) >= 11 is 0. The average molecular weight is 332 g/mol. The van der Waals surface area contributed by atoms with E-state index in [1.807, 2.05) is 6.07 Å². The number of hydrogen-bond donors (Lipinski definition) is 1. The summed E-state index contributed by atoms with van der Waals surface area (Å²) < 4.78 is 40.6. The van der Waals surface area contributed by atoms with E-state index in [9.17, 15) is 18.4 Å². The lowest BCUT2D eigenvalue weighted by atomic mass is 9.96. The third-order valence-electron chi connectivity index (χ3n) is 5.57. The number of hydrogen-bond acceptors (Lipinski definition) is 4. The highest BCUT2D eigenvalue weighted by Crippen LogP contribution is 2.74. The first kappa shape index (κ1) is 15.2. The fraction of sp³-hybridized carbons (Fsp3) is 0.412. The molecule has 0 radical (unpaired) electrons. The molecule has 1 aliphatic heterocycles. The normalized spacial score (nSPS) is 28.7. The highest BCUT2D eigenvalue weighted by Gasteiger charge is 2.82. The molecule has 1 aromatic carbocycles. The highest BCUT2D eigenvalue weighted by atomic mass is 19.4. The Morgan fingerprint density at radius 1 is 1.25 bits per heavy atom. The Hall–Kier alpha value is -2.33. The zero-order chi connectivity index (χ0) is 17.2. The number of nitriles is 1. The van der Waals surface area contributed by atoms with Crippen molar-refractivity contribution < 1.29 is 13.2 Å². The van der Waals surface area contributed by atoms with Gasteiger partial charge < -0.3 is 10.6 Å². The van der Waals surface area contributed by atoms with E-state index in [2.05, 4.69) is 11.1 Å². The minimum atomic E-state index is -4.27. The second-order valence-corrected chi connectivity index (χ2v) is 6.76. The lowest BCUT2D eigenvalue weighted by Gasteiger charge is -2.23. The van der Waals surface area contributed by atoms with E-state index in [0.717, 1.165) is 5.39 Å². The maximum absolute atomic E-state index is 13.5. The molecule has 2 N–H and O–H groups in total. The molecule has 2 aromatic rings. The SMILES string of the molecule is N#Cc1cccc2ccc(N3CC4(CN)CC4(C(F)(F)F)C3)nc12. The molecule has 4 nitrogen and oxygen atoms in total. The van der Waals surface area contributed by atoms with Crippen molar-refractivity contribution >= 4 is 16.7 Å². The predicted molar refractivity (Wildman–Crippen MR) is 83.3 cm³/mol. The van der Waals surface area contributed by atoms with E-state index in [1.54, 1.807) is 29.2 Å². The summed E-state index contributed by atoms with van der Waals surface area (Å²) in [6, 6.07) is 10.8. The van der Waals surface area contributed by atoms with Gasteiger partial charge in [0, 0.05) is 30.4 Å². The Morgan fingerprint density at radius 3 is 2.67 bits per heavy atom. The molecule has 7 heteroatoms. The zero-order valence-electron chi connectivity index (χ0n) is 12.8. The van der Waals surface area contributed by atoms with Crippen LogP contribution in [0.1, 0.15) is 12.0 Å². The van der Waals surface area contributed by atoms with Crippen molar-refractivity contribution in [3.8, 4) is 6.07 Å². The molecule has 24 heavy (non-hydrogen) atoms. The van der Waals surface area contributed by atoms with Crippen LogP contribution < -0.4 is 10.6 Å². The van der Waals surface area contributed by atoms with Crippen LogP contribution >= 0.6 is 0 Å². The molecule has 0 amide bonds. The van der Waals surface area contributed by atoms with Crippen LogP contribution in [0, 0.1) is 22.2 Å². The Labute approximate surface area is 136 Å². The topological polar surface area (TPSA) is 65.9 Å². The van der Waals surface area contributed by atoms with Gasteiger partial charge in [0.2, 0.25) is 0 Å². The summed E-state index contributed by atoms with van der Waals surface area (Å²) in [5.74, 6) is 0.467. The summed E-state index contributed by atoms with van der Waals surface area (Å²) in [5, 5.41) is 9.99. The van der Waals surface area contributed by atoms with Gasteiger partial charge in [-0.25, -0.2) is 4.98 Å². The second-order valence-electron chi connectivity index (χ2n) is 6.76. The fourth-order valence-electron chi connectivity index (χ4n) is 4.10. The Morgan fingerprint density at radius 2 is 2.04 bits per heavy atom. The van der Waals surface area contributed by atoms with Gasteiger partial charge >= 0.3 is 6.18 Å². The first-order valence-electron chi connectivity index (χ1n) is 7.67. The minimum absolute atomic E-state index is 0.0139. The van der Waals surface area contributed by atoms with Gasteiger partial charge in [0.05, 0.1) is 16.5 Å². The molecule has 2 aliphatic rings. The lowest BCUT2D eigenvalue weighted by Crippen LogP contribution is -2.34. The van der Waals surface area contributed by atoms with Crippen LogP contribution in [0.2, 0.25) is 0 Å². The van der Waals surface area contributed by atoms with Crippen LogP contribution in [0.5, 0.6) is 0 Å². The molecule has 1 aromatic heterocycles. The monoisotopic (exact) mass is 332 g/mol. The van der Waals surface area contributed by atoms with Crippen molar-refractivity contribution in [2.75, 3.05) is 24.5 Å². The molecule has 1 saturated carbocycles. The summed E-state index contributed by atoms with van der Waals surface area (Å²) in [5.41, 5.74) is 3.98. The van der Waals surface area contributed by atoms with Crippen molar-refractivity contribution in [3.63, 3.8) is 0 Å². The first-order chi connectivity index (χ1) is 11.4. The van der Waals surface area contributed by atoms with Gasteiger partial charge in [-0.3, -0.25) is 0 Å². The quantitative estimate of drug-likeness (QED) is 0.918. The number of rotatable bonds is 2. The average Bonchev–Trinajstić information content (AvgIpc) is 3.11. The number of halogens is 3. The number of benzene rings is 1. The molecule has 2 fully saturated rings. The van der Waals surface area contributed by atoms with Gasteiger partial charge in [0.15, 0.2) is 0 Å². The summed E-state index contributed by atoms with van der Waals surface area (Å²) in [7, 11) is 0. The van der Waals surface area contributed by atoms with Crippen molar-refractivity contribution in [3.05, 3.63) is 35.9 Å². The summed E-state index contributed by atoms with van der Waals surface area (Å²) in [6.45, 7) is 0.136. The maximum atomic E-state index is 13.5. The smallest absolute Gasteiger partial charge is 0.355 e. The van der Waals surface area contributed by atoms with Gasteiger partial charge in [0.25, 0.3) is 0 Å². The van der Waals surface area contributed by atoms with Crippen LogP contribution in [0.3, 0.4) is 0 Å². The van der Waals surface area contributed by atoms with Crippen molar-refractivity contribution in [1.29, 1.82) is 5.26 Å². The van der Waals surface area contributed by atoms with Gasteiger partial charge in [-0.2, -0.15) is 18.4 Å². The molecule has 0 bridgehead atoms. The third kappa shape index (κ3) is 1.80. The Kier molecular flexibility index (Phi) is 2.92. The molecule has 2 unspecified atom stereocenters. The first-order valence-corrected chi connectivity index (χ1v) is 7.67. The van der Waals surface area contributed by atoms with E-state index in [4.69, 9.17) is 5.73 Å². The van der Waals surface area contributed by atoms with E-state index >= 15 is 0 Å². The lowest BCUT2D eigenvalue weighted by molar-refractivity contribution is -0.189. The second kappa shape index (κ2) is 4.61. The molecule has 2 heterocycles. The van der Waals surface area contributed by atoms with Crippen molar-refractivity contribution in [2.45, 2.75) is 12.6 Å². The van der Waals surface area contributed by atoms with E-state index < -0.39 is 17.0 Å². The molecule has 1 saturated heterocycles. The minimum Gasteiger partial charge on any atom is -0.355 e. The van der Waals surface area contributed by atoms with Crippen molar-refractivity contribution in [2.24, 2.45) is 16.6 Å². The molecule has 124 valence electrons. The number of nitrogens with zero attached hydrogens (tertiary/aromatic N) is 3. The number of fused-ring (bicyclic) bond motifs is 2. The predicted octanol–water partition coefficient (Wildman–Crippen LogP) is 2.82. The maximum Gasteiger partial charge on any atom is 0.396 e. The number of aromatic nitrogens is 1. The molecule has 4 rings (SSSR count). The Bertz CT molecular complexity index is 872. The molecular formula is C17H15F3N4. The summed E-state index contributed by atoms with van der Waals surface area (Å²) in [6.07, 6.45) is -4.18. The zero-order valence-corrected chi connectivity index (χ0v) is 12.8. The number of nitrogens with two attached hydrogens (primary N) is 1. The van der Waals surface area contributed by atoms with E-state index in [0.29, 0.717) is 16.9 Å². The van der Waals surface area contributed by atoms with Gasteiger partial charge in [-0.05, 0) is 24.6 Å². The number of piperidine rings is 1. The number of anilines is 1. The number of para-hydroxylation sites is 1. The van der Waals surface area contributed by atoms with Crippen LogP contribution in [-0.2, 0) is 0 Å². The van der Waals surface area contributed by atoms with E-state index in [1.165, 1.54) is 0 Å². The van der Waals surface area contributed by atoms with Crippen LogP contribution in [0.4, 0.5) is 19.0 Å². The number of alkyl halides is 3. The van der Waals surface area contributed by atoms with Crippen LogP contribution in [-0.4, -0.2) is 30.8 Å². The number of pyridine rings is 1. The standard InChI is InChI=1S/C17H15F3N4/c18-17(19,20)16-7-15(16,8-22)9-24(10-16)13-5-4-11-2-1-3-12(6-21)14(11)23-13/h1-5H,7-10,22H2. The largest absolute Gasteiger partial charge is 0.396 e. The van der Waals surface area contributed by atoms with Gasteiger partial charge in [-0.1, -0.05) is 12.1 Å². The third-order valence-corrected chi connectivity index (χ3v) is 5.57. The fourth-order valence-corrected chi connectivity index (χ4v) is 4.10. The highest BCUT2D eigenvalue weighted by molar-refractivity contribution is 5.85. The molecule has 2 atom stereocenters. The van der Waals surface area contributed by atoms with E-state index in [-0.39, 0.29) is 26.1 Å². The van der Waals surface area contributed by atoms with Crippen LogP contribution in [0.25, 0.3) is 10.9 Å². The van der Waals surface area contributed by atoms with Gasteiger partial charge in [-0.15, -0.1) is 0 Å². The van der Waals surface area contributed by atoms with Crippen molar-refractivity contribution in [1.82, 2.24) is 4.98 Å². The van der Waals surface area contributed by atoms with Gasteiger partial charge in [0.1, 0.15) is 11.9 Å². The molecule has 0 spiro atoms. The molecular weight excluding hydrogens is 317 g/mol. The Balaban J connectivity index is 1.74. The summed E-state index contributed by atoms with van der Waals surface area (Å²) in [4.78, 5) is 6.11.